The second-order valence-corrected chi connectivity index (χ2v) is 4.69. The molecule has 1 unspecified atom stereocenters. The maximum absolute atomic E-state index is 11.5. The van der Waals surface area contributed by atoms with Crippen LogP contribution in [0.5, 0.6) is 0 Å². The molecule has 0 heterocycles. The first-order valence-electron chi connectivity index (χ1n) is 5.39. The fraction of sp³-hybridized carbons (Fsp3) is 0.818. The number of carbonyl (C=O) groups excluding carboxylic acids is 1. The topological polar surface area (TPSA) is 82.4 Å². The number of carbonyl (C=O) groups is 1. The molecular formula is C11H22N2O3. The van der Waals surface area contributed by atoms with E-state index in [9.17, 15) is 4.79 Å². The van der Waals surface area contributed by atoms with Gasteiger partial charge in [-0.05, 0) is 40.8 Å². The molecule has 0 fully saturated rings. The highest BCUT2D eigenvalue weighted by atomic mass is 16.6. The van der Waals surface area contributed by atoms with Crippen molar-refractivity contribution >= 4 is 11.7 Å². The van der Waals surface area contributed by atoms with Crippen LogP contribution in [0.3, 0.4) is 0 Å². The molecule has 3 N–H and O–H groups in total. The van der Waals surface area contributed by atoms with E-state index >= 15 is 0 Å². The molecule has 0 aromatic rings. The van der Waals surface area contributed by atoms with Crippen LogP contribution in [0, 0.1) is 11.3 Å². The molecule has 0 aromatic heterocycles. The normalized spacial score (nSPS) is 13.3. The van der Waals surface area contributed by atoms with E-state index in [0.717, 1.165) is 0 Å². The minimum Gasteiger partial charge on any atom is -0.455 e. The second-order valence-electron chi connectivity index (χ2n) is 4.69. The molecule has 0 rings (SSSR count). The third-order valence-electron chi connectivity index (χ3n) is 1.99. The molecular weight excluding hydrogens is 208 g/mol. The summed E-state index contributed by atoms with van der Waals surface area (Å²) in [4.78, 5) is 11.5. The molecule has 0 saturated heterocycles. The van der Waals surface area contributed by atoms with Gasteiger partial charge >= 0.3 is 5.97 Å². The predicted octanol–water partition coefficient (Wildman–Crippen LogP) is 0.566. The van der Waals surface area contributed by atoms with Gasteiger partial charge in [0.1, 0.15) is 11.3 Å². The van der Waals surface area contributed by atoms with Gasteiger partial charge in [0.2, 0.25) is 0 Å². The Hall–Kier alpha value is -0.940. The van der Waals surface area contributed by atoms with Crippen LogP contribution in [0.15, 0.2) is 0 Å². The Morgan fingerprint density at radius 2 is 2.06 bits per heavy atom. The van der Waals surface area contributed by atoms with E-state index in [1.165, 1.54) is 0 Å². The van der Waals surface area contributed by atoms with Gasteiger partial charge in [-0.15, -0.1) is 0 Å². The summed E-state index contributed by atoms with van der Waals surface area (Å²) in [6, 6.07) is 0. The lowest BCUT2D eigenvalue weighted by molar-refractivity contribution is -0.146. The molecule has 0 aromatic carbocycles. The molecule has 16 heavy (non-hydrogen) atoms. The Morgan fingerprint density at radius 1 is 1.50 bits per heavy atom. The molecule has 5 nitrogen and oxygen atoms in total. The van der Waals surface area contributed by atoms with Crippen LogP contribution in [0.4, 0.5) is 0 Å². The molecule has 5 heteroatoms. The van der Waals surface area contributed by atoms with Gasteiger partial charge in [-0.3, -0.25) is 5.41 Å². The fourth-order valence-corrected chi connectivity index (χ4v) is 1.15. The zero-order valence-electron chi connectivity index (χ0n) is 10.5. The van der Waals surface area contributed by atoms with Crippen molar-refractivity contribution in [1.29, 1.82) is 5.41 Å². The summed E-state index contributed by atoms with van der Waals surface area (Å²) >= 11 is 0. The van der Waals surface area contributed by atoms with Gasteiger partial charge in [-0.2, -0.15) is 0 Å². The highest BCUT2D eigenvalue weighted by Gasteiger charge is 2.25. The van der Waals surface area contributed by atoms with Crippen LogP contribution in [0.25, 0.3) is 0 Å². The lowest BCUT2D eigenvalue weighted by atomic mass is 10.00. The van der Waals surface area contributed by atoms with Gasteiger partial charge in [-0.25, -0.2) is 4.79 Å². The molecule has 0 radical (unpaired) electrons. The van der Waals surface area contributed by atoms with Gasteiger partial charge in [0.25, 0.3) is 0 Å². The minimum absolute atomic E-state index is 0.160. The van der Waals surface area contributed by atoms with Gasteiger partial charge in [0.15, 0.2) is 0 Å². The van der Waals surface area contributed by atoms with Crippen LogP contribution in [0.1, 0.15) is 27.2 Å². The number of esters is 1. The molecule has 0 aliphatic carbocycles. The fourth-order valence-electron chi connectivity index (χ4n) is 1.15. The van der Waals surface area contributed by atoms with E-state index < -0.39 is 17.5 Å². The van der Waals surface area contributed by atoms with Crippen molar-refractivity contribution in [1.82, 2.24) is 5.32 Å². The number of nitrogens with one attached hydrogen (secondary N) is 2. The van der Waals surface area contributed by atoms with E-state index in [0.29, 0.717) is 13.0 Å². The van der Waals surface area contributed by atoms with Gasteiger partial charge in [0, 0.05) is 5.92 Å². The average molecular weight is 230 g/mol. The van der Waals surface area contributed by atoms with Crippen molar-refractivity contribution in [3.8, 4) is 0 Å². The summed E-state index contributed by atoms with van der Waals surface area (Å²) in [7, 11) is 1.78. The summed E-state index contributed by atoms with van der Waals surface area (Å²) in [5.41, 5.74) is -0.764. The Morgan fingerprint density at radius 3 is 2.44 bits per heavy atom. The SMILES string of the molecule is CNCCC(CO)C(=N)C(=O)OC(C)(C)C. The zero-order chi connectivity index (χ0) is 12.8. The summed E-state index contributed by atoms with van der Waals surface area (Å²) in [5.74, 6) is -1.11. The quantitative estimate of drug-likeness (QED) is 0.460. The summed E-state index contributed by atoms with van der Waals surface area (Å²) in [6.45, 7) is 5.69. The molecule has 0 bridgehead atoms. The summed E-state index contributed by atoms with van der Waals surface area (Å²) in [5, 5.41) is 19.7. The van der Waals surface area contributed by atoms with Crippen LogP contribution < -0.4 is 5.32 Å². The minimum atomic E-state index is -0.650. The van der Waals surface area contributed by atoms with E-state index in [1.807, 2.05) is 0 Å². The Labute approximate surface area is 96.7 Å². The molecule has 0 saturated carbocycles. The Bertz CT molecular complexity index is 246. The number of hydrogen-bond donors (Lipinski definition) is 3. The standard InChI is InChI=1S/C11H22N2O3/c1-11(2,3)16-10(15)9(12)8(7-14)5-6-13-4/h8,12-14H,5-7H2,1-4H3. The third-order valence-corrected chi connectivity index (χ3v) is 1.99. The number of ether oxygens (including phenoxy) is 1. The zero-order valence-corrected chi connectivity index (χ0v) is 10.5. The van der Waals surface area contributed by atoms with Crippen molar-refractivity contribution < 1.29 is 14.6 Å². The first-order chi connectivity index (χ1) is 7.31. The van der Waals surface area contributed by atoms with Crippen molar-refractivity contribution in [2.75, 3.05) is 20.2 Å². The smallest absolute Gasteiger partial charge is 0.352 e. The van der Waals surface area contributed by atoms with E-state index in [2.05, 4.69) is 5.32 Å². The second kappa shape index (κ2) is 6.60. The van der Waals surface area contributed by atoms with E-state index in [4.69, 9.17) is 15.3 Å². The summed E-state index contributed by atoms with van der Waals surface area (Å²) in [6.07, 6.45) is 0.547. The lowest BCUT2D eigenvalue weighted by Gasteiger charge is -2.22. The average Bonchev–Trinajstić information content (AvgIpc) is 2.16. The molecule has 0 amide bonds. The van der Waals surface area contributed by atoms with Gasteiger partial charge < -0.3 is 15.2 Å². The highest BCUT2D eigenvalue weighted by molar-refractivity contribution is 6.36. The highest BCUT2D eigenvalue weighted by Crippen LogP contribution is 2.11. The van der Waals surface area contributed by atoms with Crippen LogP contribution in [0.2, 0.25) is 0 Å². The number of aliphatic hydroxyl groups is 1. The summed E-state index contributed by atoms with van der Waals surface area (Å²) < 4.78 is 5.07. The number of aliphatic hydroxyl groups excluding tert-OH is 1. The van der Waals surface area contributed by atoms with Crippen LogP contribution in [-0.4, -0.2) is 42.6 Å². The van der Waals surface area contributed by atoms with Crippen molar-refractivity contribution in [2.45, 2.75) is 32.8 Å². The molecule has 0 spiro atoms. The molecule has 0 aliphatic heterocycles. The van der Waals surface area contributed by atoms with Crippen molar-refractivity contribution in [2.24, 2.45) is 5.92 Å². The third kappa shape index (κ3) is 5.82. The van der Waals surface area contributed by atoms with Crippen LogP contribution >= 0.6 is 0 Å². The maximum atomic E-state index is 11.5. The Balaban J connectivity index is 4.33. The maximum Gasteiger partial charge on any atom is 0.352 e. The van der Waals surface area contributed by atoms with Gasteiger partial charge in [0.05, 0.1) is 6.61 Å². The largest absolute Gasteiger partial charge is 0.455 e. The molecule has 0 aliphatic rings. The van der Waals surface area contributed by atoms with Crippen molar-refractivity contribution in [3.05, 3.63) is 0 Å². The Kier molecular flexibility index (Phi) is 6.21. The predicted molar refractivity (Wildman–Crippen MR) is 62.7 cm³/mol. The number of hydrogen-bond acceptors (Lipinski definition) is 5. The number of rotatable bonds is 6. The first-order valence-corrected chi connectivity index (χ1v) is 5.39. The van der Waals surface area contributed by atoms with Crippen molar-refractivity contribution in [3.63, 3.8) is 0 Å². The van der Waals surface area contributed by atoms with E-state index in [1.54, 1.807) is 27.8 Å². The molecule has 1 atom stereocenters. The monoisotopic (exact) mass is 230 g/mol. The molecule has 94 valence electrons. The first kappa shape index (κ1) is 15.1. The lowest BCUT2D eigenvalue weighted by Crippen LogP contribution is -2.34. The van der Waals surface area contributed by atoms with Crippen LogP contribution in [-0.2, 0) is 9.53 Å². The van der Waals surface area contributed by atoms with Gasteiger partial charge in [-0.1, -0.05) is 0 Å². The van der Waals surface area contributed by atoms with E-state index in [-0.39, 0.29) is 12.3 Å².